The molecule has 0 bridgehead atoms. The number of carbonyl (C=O) groups is 3. The van der Waals surface area contributed by atoms with E-state index in [1.54, 1.807) is 20.8 Å². The first-order valence-electron chi connectivity index (χ1n) is 6.18. The zero-order chi connectivity index (χ0) is 14.6. The van der Waals surface area contributed by atoms with Crippen LogP contribution in [0.1, 0.15) is 40.0 Å². The van der Waals surface area contributed by atoms with Crippen LogP contribution in [-0.4, -0.2) is 40.8 Å². The molecule has 1 aliphatic carbocycles. The number of Topliss-reactive ketones (excluding diaryl/α,β-unsaturated/α-hetero) is 1. The molecule has 7 nitrogen and oxygen atoms in total. The van der Waals surface area contributed by atoms with E-state index in [0.717, 1.165) is 0 Å². The average molecular weight is 272 g/mol. The van der Waals surface area contributed by atoms with Gasteiger partial charge in [-0.15, -0.1) is 0 Å². The van der Waals surface area contributed by atoms with Gasteiger partial charge in [-0.05, 0) is 27.2 Å². The molecule has 0 aromatic heterocycles. The quantitative estimate of drug-likeness (QED) is 0.702. The summed E-state index contributed by atoms with van der Waals surface area (Å²) in [6, 6.07) is -1.03. The summed E-state index contributed by atoms with van der Waals surface area (Å²) in [5, 5.41) is 13.6. The summed E-state index contributed by atoms with van der Waals surface area (Å²) in [4.78, 5) is 33.7. The van der Waals surface area contributed by atoms with Crippen LogP contribution < -0.4 is 10.6 Å². The molecule has 0 aromatic carbocycles. The van der Waals surface area contributed by atoms with Crippen LogP contribution >= 0.6 is 0 Å². The molecule has 2 atom stereocenters. The fraction of sp³-hybridized carbons (Fsp3) is 0.750. The third-order valence-corrected chi connectivity index (χ3v) is 2.68. The third kappa shape index (κ3) is 5.58. The smallest absolute Gasteiger partial charge is 0.407 e. The lowest BCUT2D eigenvalue weighted by atomic mass is 9.89. The molecule has 19 heavy (non-hydrogen) atoms. The fourth-order valence-corrected chi connectivity index (χ4v) is 1.95. The van der Waals surface area contributed by atoms with Crippen molar-refractivity contribution in [2.24, 2.45) is 0 Å². The monoisotopic (exact) mass is 272 g/mol. The van der Waals surface area contributed by atoms with Crippen molar-refractivity contribution in [2.45, 2.75) is 57.7 Å². The summed E-state index contributed by atoms with van der Waals surface area (Å²) in [5.41, 5.74) is -0.621. The zero-order valence-electron chi connectivity index (χ0n) is 11.4. The topological polar surface area (TPSA) is 105 Å². The highest BCUT2D eigenvalue weighted by Crippen LogP contribution is 2.17. The van der Waals surface area contributed by atoms with Crippen molar-refractivity contribution in [3.05, 3.63) is 0 Å². The van der Waals surface area contributed by atoms with Crippen molar-refractivity contribution in [1.82, 2.24) is 10.6 Å². The molecule has 0 heterocycles. The van der Waals surface area contributed by atoms with Crippen LogP contribution in [0.25, 0.3) is 0 Å². The van der Waals surface area contributed by atoms with E-state index in [9.17, 15) is 14.4 Å². The van der Waals surface area contributed by atoms with Gasteiger partial charge in [-0.1, -0.05) is 0 Å². The average Bonchev–Trinajstić information content (AvgIpc) is 2.18. The molecule has 2 amide bonds. The molecule has 1 saturated carbocycles. The van der Waals surface area contributed by atoms with Gasteiger partial charge in [0.15, 0.2) is 0 Å². The minimum absolute atomic E-state index is 0.0130. The predicted octanol–water partition coefficient (Wildman–Crippen LogP) is 1.27. The number of hydrogen-bond donors (Lipinski definition) is 3. The highest BCUT2D eigenvalue weighted by Gasteiger charge is 2.32. The Bertz CT molecular complexity index is 373. The second kappa shape index (κ2) is 5.90. The molecule has 7 heteroatoms. The van der Waals surface area contributed by atoms with Crippen molar-refractivity contribution >= 4 is 18.0 Å². The summed E-state index contributed by atoms with van der Waals surface area (Å²) >= 11 is 0. The van der Waals surface area contributed by atoms with Gasteiger partial charge in [-0.2, -0.15) is 0 Å². The maximum atomic E-state index is 11.6. The van der Waals surface area contributed by atoms with E-state index in [1.165, 1.54) is 0 Å². The number of ketones is 1. The Balaban J connectivity index is 2.60. The van der Waals surface area contributed by atoms with Gasteiger partial charge in [0.1, 0.15) is 11.4 Å². The van der Waals surface area contributed by atoms with Crippen LogP contribution in [0.4, 0.5) is 9.59 Å². The Hall–Kier alpha value is -1.79. The van der Waals surface area contributed by atoms with Gasteiger partial charge in [0.2, 0.25) is 0 Å². The molecule has 0 radical (unpaired) electrons. The van der Waals surface area contributed by atoms with Gasteiger partial charge in [0.25, 0.3) is 0 Å². The van der Waals surface area contributed by atoms with Crippen molar-refractivity contribution < 1.29 is 24.2 Å². The molecule has 0 aliphatic heterocycles. The van der Waals surface area contributed by atoms with E-state index in [0.29, 0.717) is 12.8 Å². The summed E-state index contributed by atoms with van der Waals surface area (Å²) in [5.74, 6) is -0.0130. The van der Waals surface area contributed by atoms with E-state index < -0.39 is 29.9 Å². The number of alkyl carbamates (subject to hydrolysis) is 1. The lowest BCUT2D eigenvalue weighted by Crippen LogP contribution is -2.55. The number of carboxylic acid groups (broad SMARTS) is 1. The Labute approximate surface area is 111 Å². The molecule has 0 spiro atoms. The van der Waals surface area contributed by atoms with E-state index in [2.05, 4.69) is 10.6 Å². The number of hydrogen-bond acceptors (Lipinski definition) is 4. The van der Waals surface area contributed by atoms with Crippen LogP contribution in [0.3, 0.4) is 0 Å². The third-order valence-electron chi connectivity index (χ3n) is 2.68. The standard InChI is InChI=1S/C12H20N2O5/c1-12(2,3)19-11(18)14-8-5-4-7(15)6-9(8)13-10(16)17/h8-9,13H,4-6H2,1-3H3,(H,14,18)(H,16,17)/t8-,9+/m0/s1. The minimum atomic E-state index is -1.21. The van der Waals surface area contributed by atoms with Crippen LogP contribution in [-0.2, 0) is 9.53 Å². The Morgan fingerprint density at radius 2 is 1.89 bits per heavy atom. The Morgan fingerprint density at radius 1 is 1.26 bits per heavy atom. The van der Waals surface area contributed by atoms with Gasteiger partial charge in [0, 0.05) is 12.8 Å². The molecule has 1 fully saturated rings. The van der Waals surface area contributed by atoms with E-state index >= 15 is 0 Å². The van der Waals surface area contributed by atoms with Gasteiger partial charge in [-0.3, -0.25) is 4.79 Å². The first kappa shape index (κ1) is 15.3. The SMILES string of the molecule is CC(C)(C)OC(=O)N[C@H]1CCC(=O)C[C@H]1NC(=O)O. The van der Waals surface area contributed by atoms with E-state index in [-0.39, 0.29) is 12.2 Å². The molecule has 0 saturated heterocycles. The van der Waals surface area contributed by atoms with Gasteiger partial charge in [-0.25, -0.2) is 9.59 Å². The maximum Gasteiger partial charge on any atom is 0.407 e. The summed E-state index contributed by atoms with van der Waals surface area (Å²) < 4.78 is 5.11. The summed E-state index contributed by atoms with van der Waals surface area (Å²) in [7, 11) is 0. The van der Waals surface area contributed by atoms with Crippen LogP contribution in [0.15, 0.2) is 0 Å². The van der Waals surface area contributed by atoms with Crippen molar-refractivity contribution in [3.8, 4) is 0 Å². The largest absolute Gasteiger partial charge is 0.465 e. The molecular formula is C12H20N2O5. The molecule has 108 valence electrons. The predicted molar refractivity (Wildman–Crippen MR) is 67.0 cm³/mol. The molecule has 0 unspecified atom stereocenters. The highest BCUT2D eigenvalue weighted by molar-refractivity contribution is 5.81. The maximum absolute atomic E-state index is 11.6. The molecule has 1 rings (SSSR count). The Morgan fingerprint density at radius 3 is 2.42 bits per heavy atom. The number of amides is 2. The lowest BCUT2D eigenvalue weighted by molar-refractivity contribution is -0.121. The first-order valence-corrected chi connectivity index (χ1v) is 6.18. The second-order valence-electron chi connectivity index (χ2n) is 5.59. The zero-order valence-corrected chi connectivity index (χ0v) is 11.4. The number of ether oxygens (including phenoxy) is 1. The van der Waals surface area contributed by atoms with Crippen molar-refractivity contribution in [1.29, 1.82) is 0 Å². The normalized spacial score (nSPS) is 23.6. The second-order valence-corrected chi connectivity index (χ2v) is 5.59. The number of nitrogens with one attached hydrogen (secondary N) is 2. The lowest BCUT2D eigenvalue weighted by Gasteiger charge is -2.32. The highest BCUT2D eigenvalue weighted by atomic mass is 16.6. The molecule has 3 N–H and O–H groups in total. The first-order chi connectivity index (χ1) is 8.67. The minimum Gasteiger partial charge on any atom is -0.465 e. The van der Waals surface area contributed by atoms with Crippen LogP contribution in [0, 0.1) is 0 Å². The fourth-order valence-electron chi connectivity index (χ4n) is 1.95. The number of carbonyl (C=O) groups excluding carboxylic acids is 2. The molecule has 0 aromatic rings. The number of rotatable bonds is 2. The van der Waals surface area contributed by atoms with Crippen molar-refractivity contribution in [2.75, 3.05) is 0 Å². The van der Waals surface area contributed by atoms with E-state index in [4.69, 9.17) is 9.84 Å². The molecular weight excluding hydrogens is 252 g/mol. The molecule has 1 aliphatic rings. The van der Waals surface area contributed by atoms with Gasteiger partial charge >= 0.3 is 12.2 Å². The Kier molecular flexibility index (Phi) is 4.74. The summed E-state index contributed by atoms with van der Waals surface area (Å²) in [6.45, 7) is 5.22. The summed E-state index contributed by atoms with van der Waals surface area (Å²) in [6.07, 6.45) is -0.992. The van der Waals surface area contributed by atoms with Crippen LogP contribution in [0.5, 0.6) is 0 Å². The van der Waals surface area contributed by atoms with Gasteiger partial charge in [0.05, 0.1) is 12.1 Å². The van der Waals surface area contributed by atoms with Crippen LogP contribution in [0.2, 0.25) is 0 Å². The van der Waals surface area contributed by atoms with Crippen molar-refractivity contribution in [3.63, 3.8) is 0 Å². The van der Waals surface area contributed by atoms with E-state index in [1.807, 2.05) is 0 Å². The van der Waals surface area contributed by atoms with Gasteiger partial charge < -0.3 is 20.5 Å².